The molecule has 0 aliphatic heterocycles. The van der Waals surface area contributed by atoms with Crippen molar-refractivity contribution in [3.8, 4) is 17.6 Å². The fourth-order valence-corrected chi connectivity index (χ4v) is 3.43. The summed E-state index contributed by atoms with van der Waals surface area (Å²) >= 11 is 0. The minimum absolute atomic E-state index is 0.191. The van der Waals surface area contributed by atoms with E-state index in [1.54, 1.807) is 13.8 Å². The molecule has 0 aliphatic rings. The molecule has 0 radical (unpaired) electrons. The van der Waals surface area contributed by atoms with E-state index in [4.69, 9.17) is 9.47 Å². The molecule has 0 spiro atoms. The van der Waals surface area contributed by atoms with Crippen molar-refractivity contribution in [1.82, 2.24) is 5.32 Å². The topological polar surface area (TPSA) is 47.6 Å². The van der Waals surface area contributed by atoms with Gasteiger partial charge in [-0.3, -0.25) is 5.32 Å². The first-order chi connectivity index (χ1) is 15.5. The van der Waals surface area contributed by atoms with Crippen molar-refractivity contribution in [2.75, 3.05) is 6.54 Å². The third-order valence-electron chi connectivity index (χ3n) is 5.14. The second-order valence-electron chi connectivity index (χ2n) is 9.61. The van der Waals surface area contributed by atoms with E-state index >= 15 is 0 Å². The highest BCUT2D eigenvalue weighted by atomic mass is 16.6. The van der Waals surface area contributed by atoms with Crippen molar-refractivity contribution in [2.45, 2.75) is 58.8 Å². The number of ether oxygens (including phenoxy) is 2. The van der Waals surface area contributed by atoms with Crippen LogP contribution in [0.2, 0.25) is 0 Å². The molecule has 0 fully saturated rings. The first-order valence-electron chi connectivity index (χ1n) is 11.3. The molecule has 1 unspecified atom stereocenters. The number of hydrogen-bond acceptors (Lipinski definition) is 4. The van der Waals surface area contributed by atoms with E-state index in [9.17, 15) is 4.79 Å². The molecule has 0 aromatic heterocycles. The van der Waals surface area contributed by atoms with Crippen molar-refractivity contribution >= 4 is 16.7 Å². The van der Waals surface area contributed by atoms with Gasteiger partial charge in [-0.2, -0.15) is 0 Å². The molecule has 0 saturated carbocycles. The third-order valence-corrected chi connectivity index (χ3v) is 5.14. The Bertz CT molecular complexity index is 1160. The number of fused-ring (bicyclic) bond motifs is 1. The Morgan fingerprint density at radius 3 is 2.30 bits per heavy atom. The summed E-state index contributed by atoms with van der Waals surface area (Å²) in [4.78, 5) is 12.4. The van der Waals surface area contributed by atoms with Gasteiger partial charge in [0.2, 0.25) is 0 Å². The van der Waals surface area contributed by atoms with Crippen LogP contribution < -0.4 is 10.1 Å². The van der Waals surface area contributed by atoms with Gasteiger partial charge in [-0.1, -0.05) is 54.3 Å². The second-order valence-corrected chi connectivity index (χ2v) is 9.61. The fourth-order valence-electron chi connectivity index (χ4n) is 3.43. The molecule has 0 bridgehead atoms. The Hall–Kier alpha value is -3.29. The molecule has 0 heterocycles. The number of rotatable bonds is 6. The summed E-state index contributed by atoms with van der Waals surface area (Å²) in [5.41, 5.74) is 0.513. The maximum absolute atomic E-state index is 12.4. The van der Waals surface area contributed by atoms with Crippen molar-refractivity contribution < 1.29 is 14.3 Å². The molecule has 0 saturated heterocycles. The van der Waals surface area contributed by atoms with Gasteiger partial charge in [0.15, 0.2) is 5.60 Å². The van der Waals surface area contributed by atoms with Gasteiger partial charge in [0, 0.05) is 11.6 Å². The largest absolute Gasteiger partial charge is 0.476 e. The fraction of sp³-hybridized carbons (Fsp3) is 0.345. The van der Waals surface area contributed by atoms with Crippen LogP contribution in [0.25, 0.3) is 10.8 Å². The third kappa shape index (κ3) is 6.84. The summed E-state index contributed by atoms with van der Waals surface area (Å²) in [7, 11) is 0. The predicted octanol–water partition coefficient (Wildman–Crippen LogP) is 6.04. The predicted molar refractivity (Wildman–Crippen MR) is 134 cm³/mol. The van der Waals surface area contributed by atoms with Crippen molar-refractivity contribution in [2.24, 2.45) is 0 Å². The quantitative estimate of drug-likeness (QED) is 0.373. The molecule has 0 amide bonds. The van der Waals surface area contributed by atoms with Gasteiger partial charge in [-0.15, -0.1) is 0 Å². The number of benzene rings is 3. The van der Waals surface area contributed by atoms with Gasteiger partial charge >= 0.3 is 5.97 Å². The van der Waals surface area contributed by atoms with Crippen molar-refractivity contribution in [3.63, 3.8) is 0 Å². The molecule has 172 valence electrons. The minimum Gasteiger partial charge on any atom is -0.476 e. The Labute approximate surface area is 197 Å². The zero-order valence-electron chi connectivity index (χ0n) is 20.4. The highest BCUT2D eigenvalue weighted by molar-refractivity contribution is 5.86. The summed E-state index contributed by atoms with van der Waals surface area (Å²) in [6, 6.07) is 22.4. The Balaban J connectivity index is 1.56. The number of nitrogens with one attached hydrogen (secondary N) is 1. The van der Waals surface area contributed by atoms with E-state index in [1.165, 1.54) is 16.3 Å². The molecule has 3 aromatic carbocycles. The molecule has 1 atom stereocenters. The van der Waals surface area contributed by atoms with Crippen LogP contribution in [0.5, 0.6) is 5.75 Å². The van der Waals surface area contributed by atoms with Gasteiger partial charge in [-0.05, 0) is 82.1 Å². The number of carbonyl (C=O) groups is 1. The molecule has 4 nitrogen and oxygen atoms in total. The minimum atomic E-state index is -1.08. The molecule has 0 aliphatic carbocycles. The van der Waals surface area contributed by atoms with Crippen LogP contribution in [0, 0.1) is 11.8 Å². The van der Waals surface area contributed by atoms with Crippen LogP contribution in [0.4, 0.5) is 0 Å². The molecule has 1 N–H and O–H groups in total. The molecule has 33 heavy (non-hydrogen) atoms. The number of carbonyl (C=O) groups excluding carboxylic acids is 1. The lowest BCUT2D eigenvalue weighted by molar-refractivity contribution is -0.170. The summed E-state index contributed by atoms with van der Waals surface area (Å²) in [6.45, 7) is 11.7. The van der Waals surface area contributed by atoms with E-state index in [1.807, 2.05) is 45.0 Å². The van der Waals surface area contributed by atoms with Crippen LogP contribution in [0.15, 0.2) is 66.7 Å². The maximum Gasteiger partial charge on any atom is 0.350 e. The van der Waals surface area contributed by atoms with E-state index in [0.29, 0.717) is 12.3 Å². The smallest absolute Gasteiger partial charge is 0.350 e. The van der Waals surface area contributed by atoms with Gasteiger partial charge < -0.3 is 9.47 Å². The lowest BCUT2D eigenvalue weighted by Gasteiger charge is -2.29. The standard InChI is InChI=1S/C29H33NO3/c1-21(25-15-9-13-23-12-7-8-14-26(23)25)30-20-10-11-22-16-18-24(19-17-22)32-29(5,6)27(31)33-28(2,3)4/h7-9,12-19,21,30H,20H2,1-6H3. The van der Waals surface area contributed by atoms with Crippen LogP contribution in [-0.2, 0) is 9.53 Å². The van der Waals surface area contributed by atoms with Crippen molar-refractivity contribution in [3.05, 3.63) is 77.9 Å². The number of esters is 1. The average molecular weight is 444 g/mol. The van der Waals surface area contributed by atoms with Gasteiger partial charge in [0.1, 0.15) is 11.4 Å². The zero-order chi connectivity index (χ0) is 24.1. The lowest BCUT2D eigenvalue weighted by Crippen LogP contribution is -2.43. The van der Waals surface area contributed by atoms with E-state index in [-0.39, 0.29) is 6.04 Å². The average Bonchev–Trinajstić information content (AvgIpc) is 2.76. The van der Waals surface area contributed by atoms with E-state index in [2.05, 4.69) is 66.5 Å². The summed E-state index contributed by atoms with van der Waals surface area (Å²) in [5.74, 6) is 6.56. The maximum atomic E-state index is 12.4. The van der Waals surface area contributed by atoms with Crippen LogP contribution in [-0.4, -0.2) is 23.7 Å². The van der Waals surface area contributed by atoms with Crippen LogP contribution in [0.1, 0.15) is 58.7 Å². The highest BCUT2D eigenvalue weighted by Gasteiger charge is 2.34. The first-order valence-corrected chi connectivity index (χ1v) is 11.3. The summed E-state index contributed by atoms with van der Waals surface area (Å²) in [5, 5.41) is 5.99. The van der Waals surface area contributed by atoms with E-state index in [0.717, 1.165) is 5.56 Å². The second kappa shape index (κ2) is 10.1. The van der Waals surface area contributed by atoms with Gasteiger partial charge in [0.05, 0.1) is 6.54 Å². The Morgan fingerprint density at radius 1 is 0.939 bits per heavy atom. The molecule has 3 aromatic rings. The SMILES string of the molecule is CC(NCC#Cc1ccc(OC(C)(C)C(=O)OC(C)(C)C)cc1)c1cccc2ccccc12. The van der Waals surface area contributed by atoms with Gasteiger partial charge in [-0.25, -0.2) is 4.79 Å². The highest BCUT2D eigenvalue weighted by Crippen LogP contribution is 2.24. The zero-order valence-corrected chi connectivity index (χ0v) is 20.4. The van der Waals surface area contributed by atoms with E-state index < -0.39 is 17.2 Å². The number of hydrogen-bond donors (Lipinski definition) is 1. The Kier molecular flexibility index (Phi) is 7.46. The Morgan fingerprint density at radius 2 is 1.61 bits per heavy atom. The molecule has 4 heteroatoms. The summed E-state index contributed by atoms with van der Waals surface area (Å²) in [6.07, 6.45) is 0. The van der Waals surface area contributed by atoms with Crippen LogP contribution in [0.3, 0.4) is 0 Å². The first kappa shape index (κ1) is 24.4. The van der Waals surface area contributed by atoms with Crippen molar-refractivity contribution in [1.29, 1.82) is 0 Å². The molecule has 3 rings (SSSR count). The normalized spacial score (nSPS) is 12.5. The monoisotopic (exact) mass is 443 g/mol. The molecular formula is C29H33NO3. The van der Waals surface area contributed by atoms with Crippen LogP contribution >= 0.6 is 0 Å². The molecular weight excluding hydrogens is 410 g/mol. The lowest BCUT2D eigenvalue weighted by atomic mass is 10.00. The summed E-state index contributed by atoms with van der Waals surface area (Å²) < 4.78 is 11.3. The van der Waals surface area contributed by atoms with Gasteiger partial charge in [0.25, 0.3) is 0 Å².